The molecule has 0 aromatic carbocycles. The number of piperidine rings is 1. The number of alkyl halides is 4. The van der Waals surface area contributed by atoms with Crippen LogP contribution < -0.4 is 15.1 Å². The Morgan fingerprint density at radius 3 is 2.52 bits per heavy atom. The van der Waals surface area contributed by atoms with E-state index in [1.54, 1.807) is 6.20 Å². The number of anilines is 4. The zero-order chi connectivity index (χ0) is 31.6. The molecule has 3 aromatic rings. The Labute approximate surface area is 251 Å². The average molecular weight is 619 g/mol. The molecule has 11 nitrogen and oxygen atoms in total. The molecule has 44 heavy (non-hydrogen) atoms. The lowest BCUT2D eigenvalue weighted by Gasteiger charge is -2.62. The number of hydrogen-bond donors (Lipinski definition) is 2. The Morgan fingerprint density at radius 1 is 1.14 bits per heavy atom. The maximum absolute atomic E-state index is 15.5. The number of pyridine rings is 2. The molecule has 1 unspecified atom stereocenters. The molecule has 0 aliphatic carbocycles. The van der Waals surface area contributed by atoms with Crippen LogP contribution in [0.2, 0.25) is 0 Å². The molecule has 2 N–H and O–H groups in total. The van der Waals surface area contributed by atoms with E-state index in [2.05, 4.69) is 55.7 Å². The molecular weight excluding hydrogens is 584 g/mol. The fourth-order valence-corrected chi connectivity index (χ4v) is 6.41. The average Bonchev–Trinajstić information content (AvgIpc) is 2.92. The second kappa shape index (κ2) is 10.6. The highest BCUT2D eigenvalue weighted by molar-refractivity contribution is 5.96. The van der Waals surface area contributed by atoms with Crippen molar-refractivity contribution in [3.63, 3.8) is 0 Å². The molecule has 3 aliphatic rings. The maximum Gasteiger partial charge on any atom is 0.491 e. The second-order valence-electron chi connectivity index (χ2n) is 12.4. The van der Waals surface area contributed by atoms with Crippen LogP contribution >= 0.6 is 0 Å². The number of aliphatic hydroxyl groups excluding tert-OH is 1. The summed E-state index contributed by atoms with van der Waals surface area (Å²) in [6.07, 6.45) is -3.15. The molecule has 236 valence electrons. The minimum absolute atomic E-state index is 0.106. The number of rotatable bonds is 6. The van der Waals surface area contributed by atoms with E-state index < -0.39 is 30.1 Å². The summed E-state index contributed by atoms with van der Waals surface area (Å²) in [6.45, 7) is 7.78. The number of nitrogens with one attached hydrogen (secondary N) is 1. The zero-order valence-electron chi connectivity index (χ0n) is 24.8. The number of hydrogen-bond acceptors (Lipinski definition) is 11. The zero-order valence-corrected chi connectivity index (χ0v) is 24.8. The summed E-state index contributed by atoms with van der Waals surface area (Å²) in [4.78, 5) is 35.3. The van der Waals surface area contributed by atoms with Crippen molar-refractivity contribution < 1.29 is 32.2 Å². The van der Waals surface area contributed by atoms with Gasteiger partial charge in [0.05, 0.1) is 11.6 Å². The number of carbonyl (C=O) groups is 1. The van der Waals surface area contributed by atoms with Crippen molar-refractivity contribution in [3.8, 4) is 0 Å². The number of likely N-dealkylation sites (N-methyl/N-ethyl adjacent to an activating group) is 1. The van der Waals surface area contributed by atoms with Gasteiger partial charge in [-0.05, 0) is 55.8 Å². The first-order valence-corrected chi connectivity index (χ1v) is 14.5. The number of halogens is 4. The van der Waals surface area contributed by atoms with Crippen LogP contribution in [0.1, 0.15) is 45.1 Å². The summed E-state index contributed by atoms with van der Waals surface area (Å²) in [5.74, 6) is -1.01. The number of ether oxygens (including phenoxy) is 1. The number of fused-ring (bicyclic) bond motifs is 1. The predicted molar refractivity (Wildman–Crippen MR) is 155 cm³/mol. The number of likely N-dealkylation sites (tertiary alicyclic amines) is 1. The summed E-state index contributed by atoms with van der Waals surface area (Å²) in [6, 6.07) is 3.43. The van der Waals surface area contributed by atoms with Crippen LogP contribution in [0.4, 0.5) is 41.0 Å². The van der Waals surface area contributed by atoms with E-state index in [0.717, 1.165) is 60.0 Å². The molecule has 3 saturated heterocycles. The number of aliphatic hydroxyl groups is 1. The van der Waals surface area contributed by atoms with E-state index in [4.69, 9.17) is 4.98 Å². The summed E-state index contributed by atoms with van der Waals surface area (Å²) < 4.78 is 59.1. The number of aromatic nitrogens is 4. The van der Waals surface area contributed by atoms with Crippen LogP contribution in [0.5, 0.6) is 0 Å². The number of esters is 1. The lowest BCUT2D eigenvalue weighted by Crippen LogP contribution is -2.76. The molecule has 3 fully saturated rings. The van der Waals surface area contributed by atoms with Gasteiger partial charge < -0.3 is 29.9 Å². The van der Waals surface area contributed by atoms with Crippen molar-refractivity contribution in [2.24, 2.45) is 0 Å². The van der Waals surface area contributed by atoms with Gasteiger partial charge in [0.2, 0.25) is 12.2 Å². The first kappa shape index (κ1) is 30.2. The molecule has 6 rings (SSSR count). The van der Waals surface area contributed by atoms with E-state index in [1.165, 1.54) is 12.3 Å². The molecule has 0 saturated carbocycles. The van der Waals surface area contributed by atoms with Gasteiger partial charge >= 0.3 is 12.1 Å². The Bertz CT molecular complexity index is 1580. The van der Waals surface area contributed by atoms with Crippen LogP contribution in [0, 0.1) is 0 Å². The third kappa shape index (κ3) is 5.15. The highest BCUT2D eigenvalue weighted by atomic mass is 19.4. The second-order valence-corrected chi connectivity index (χ2v) is 12.4. The first-order chi connectivity index (χ1) is 20.7. The van der Waals surface area contributed by atoms with Crippen LogP contribution in [-0.4, -0.2) is 98.9 Å². The van der Waals surface area contributed by atoms with Crippen molar-refractivity contribution in [1.82, 2.24) is 24.8 Å². The minimum Gasteiger partial charge on any atom is -0.431 e. The minimum atomic E-state index is -5.36. The molecule has 15 heteroatoms. The summed E-state index contributed by atoms with van der Waals surface area (Å²) >= 11 is 0. The van der Waals surface area contributed by atoms with Crippen molar-refractivity contribution in [1.29, 1.82) is 0 Å². The smallest absolute Gasteiger partial charge is 0.431 e. The largest absolute Gasteiger partial charge is 0.491 e. The van der Waals surface area contributed by atoms with Crippen molar-refractivity contribution in [2.75, 3.05) is 48.3 Å². The summed E-state index contributed by atoms with van der Waals surface area (Å²) in [7, 11) is 2.10. The van der Waals surface area contributed by atoms with Gasteiger partial charge in [0.1, 0.15) is 17.5 Å². The van der Waals surface area contributed by atoms with Gasteiger partial charge in [-0.15, -0.1) is 0 Å². The topological polar surface area (TPSA) is 120 Å². The van der Waals surface area contributed by atoms with Crippen LogP contribution in [0.15, 0.2) is 30.7 Å². The Balaban J connectivity index is 1.30. The van der Waals surface area contributed by atoms with E-state index in [9.17, 15) is 23.1 Å². The molecule has 3 aliphatic heterocycles. The van der Waals surface area contributed by atoms with Gasteiger partial charge in [-0.3, -0.25) is 0 Å². The third-order valence-electron chi connectivity index (χ3n) is 8.83. The summed E-state index contributed by atoms with van der Waals surface area (Å²) in [5, 5.41) is 15.2. The van der Waals surface area contributed by atoms with Crippen LogP contribution in [-0.2, 0) is 9.53 Å². The maximum atomic E-state index is 15.5. The van der Waals surface area contributed by atoms with Crippen molar-refractivity contribution >= 4 is 40.1 Å². The van der Waals surface area contributed by atoms with Gasteiger partial charge in [-0.1, -0.05) is 13.8 Å². The normalized spacial score (nSPS) is 25.2. The standard InChI is InChI=1S/C29H34F4N8O3/c1-16(2)18-12-36-23(41-10-7-28(41)14-39(4)15-28)19-13-35-22(11-17(18)19)37-21-5-8-34-26(38-21)40-9-6-20(42)27(3,30)24(40)44-25(43)29(31,32)33/h5,8,11-13,16,20,24,42H,6-7,9-10,14-15H2,1-4H3,(H,34,35,37,38)/t20-,24?,27+/m1/s1. The molecule has 0 bridgehead atoms. The Kier molecular flexibility index (Phi) is 7.31. The number of carbonyl (C=O) groups excluding carboxylic acids is 1. The molecule has 3 aromatic heterocycles. The quantitative estimate of drug-likeness (QED) is 0.309. The van der Waals surface area contributed by atoms with Gasteiger partial charge in [-0.25, -0.2) is 24.1 Å². The fraction of sp³-hybridized carbons (Fsp3) is 0.552. The van der Waals surface area contributed by atoms with Crippen molar-refractivity contribution in [3.05, 3.63) is 36.3 Å². The van der Waals surface area contributed by atoms with Crippen LogP contribution in [0.25, 0.3) is 10.8 Å². The summed E-state index contributed by atoms with van der Waals surface area (Å²) in [5.41, 5.74) is -1.58. The van der Waals surface area contributed by atoms with Gasteiger partial charge in [-0.2, -0.15) is 18.2 Å². The lowest BCUT2D eigenvalue weighted by molar-refractivity contribution is -0.217. The van der Waals surface area contributed by atoms with Gasteiger partial charge in [0, 0.05) is 50.2 Å². The molecule has 1 spiro atoms. The van der Waals surface area contributed by atoms with Crippen molar-refractivity contribution in [2.45, 2.75) is 69.2 Å². The highest BCUT2D eigenvalue weighted by Gasteiger charge is 2.55. The van der Waals surface area contributed by atoms with Gasteiger partial charge in [0.25, 0.3) is 0 Å². The molecule has 0 radical (unpaired) electrons. The first-order valence-electron chi connectivity index (χ1n) is 14.5. The predicted octanol–water partition coefficient (Wildman–Crippen LogP) is 3.91. The molecule has 0 amide bonds. The third-order valence-corrected chi connectivity index (χ3v) is 8.83. The lowest BCUT2D eigenvalue weighted by atomic mass is 9.77. The molecule has 6 heterocycles. The van der Waals surface area contributed by atoms with E-state index >= 15 is 4.39 Å². The highest BCUT2D eigenvalue weighted by Crippen LogP contribution is 2.44. The van der Waals surface area contributed by atoms with E-state index in [1.807, 2.05) is 12.3 Å². The van der Waals surface area contributed by atoms with Crippen LogP contribution in [0.3, 0.4) is 0 Å². The Hall–Kier alpha value is -3.85. The molecular formula is C29H34F4N8O3. The van der Waals surface area contributed by atoms with Gasteiger partial charge in [0.15, 0.2) is 5.67 Å². The Morgan fingerprint density at radius 2 is 1.89 bits per heavy atom. The van der Waals surface area contributed by atoms with E-state index in [-0.39, 0.29) is 36.2 Å². The van der Waals surface area contributed by atoms with E-state index in [0.29, 0.717) is 5.82 Å². The molecule has 3 atom stereocenters. The monoisotopic (exact) mass is 618 g/mol. The fourth-order valence-electron chi connectivity index (χ4n) is 6.41. The number of nitrogens with zero attached hydrogens (tertiary/aromatic N) is 7. The SMILES string of the molecule is CC(C)c1cnc(N2CCC23CN(C)C3)c2cnc(Nc3ccnc(N4CC[C@@H](O)[C@](C)(F)C4OC(=O)C(F)(F)F)n3)cc12.